The minimum absolute atomic E-state index is 0.159. The lowest BCUT2D eigenvalue weighted by molar-refractivity contribution is -0.248. The van der Waals surface area contributed by atoms with Crippen LogP contribution in [0, 0.1) is 28.6 Å². The van der Waals surface area contributed by atoms with E-state index >= 15 is 0 Å². The Morgan fingerprint density at radius 3 is 1.96 bits per heavy atom. The monoisotopic (exact) mass is 674 g/mol. The van der Waals surface area contributed by atoms with E-state index in [9.17, 15) is 34.8 Å². The number of unbranched alkanes of at least 4 members (excludes halogenated alkanes) is 12. The number of aliphatic hydroxyl groups is 4. The first kappa shape index (κ1) is 38.7. The number of aliphatic hydroxyl groups excluding tert-OH is 2. The van der Waals surface area contributed by atoms with E-state index in [0.717, 1.165) is 19.3 Å². The maximum atomic E-state index is 13.5. The Morgan fingerprint density at radius 2 is 1.46 bits per heavy atom. The van der Waals surface area contributed by atoms with Crippen LogP contribution in [-0.4, -0.2) is 74.3 Å². The third-order valence-corrected chi connectivity index (χ3v) is 12.7. The fraction of sp³-hybridized carbons (Fsp3) is 0.821. The molecule has 0 aromatic carbocycles. The van der Waals surface area contributed by atoms with Gasteiger partial charge in [-0.25, -0.2) is 0 Å². The van der Waals surface area contributed by atoms with Crippen molar-refractivity contribution in [3.8, 4) is 0 Å². The smallest absolute Gasteiger partial charge is 0.306 e. The summed E-state index contributed by atoms with van der Waals surface area (Å²) in [4.78, 5) is 39.6. The molecular formula is C39H62O9. The summed E-state index contributed by atoms with van der Waals surface area (Å²) in [6.07, 6.45) is 17.4. The van der Waals surface area contributed by atoms with Gasteiger partial charge in [-0.15, -0.1) is 0 Å². The molecule has 4 rings (SSSR count). The second-order valence-corrected chi connectivity index (χ2v) is 15.9. The van der Waals surface area contributed by atoms with Crippen molar-refractivity contribution in [1.82, 2.24) is 0 Å². The van der Waals surface area contributed by atoms with Crippen molar-refractivity contribution in [3.05, 3.63) is 23.3 Å². The molecule has 0 saturated heterocycles. The number of carbonyl (C=O) groups excluding carboxylic acids is 3. The van der Waals surface area contributed by atoms with Crippen LogP contribution >= 0.6 is 0 Å². The van der Waals surface area contributed by atoms with Gasteiger partial charge in [0.2, 0.25) is 0 Å². The number of rotatable bonds is 18. The Bertz CT molecular complexity index is 1260. The van der Waals surface area contributed by atoms with Crippen LogP contribution < -0.4 is 0 Å². The summed E-state index contributed by atoms with van der Waals surface area (Å²) >= 11 is 0. The lowest BCUT2D eigenvalue weighted by Crippen LogP contribution is -2.69. The van der Waals surface area contributed by atoms with Crippen molar-refractivity contribution in [2.24, 2.45) is 28.6 Å². The molecule has 2 saturated carbocycles. The highest BCUT2D eigenvalue weighted by Gasteiger charge is 2.92. The maximum Gasteiger partial charge on any atom is 0.306 e. The number of carbonyl (C=O) groups is 3. The number of esters is 2. The zero-order valence-corrected chi connectivity index (χ0v) is 30.3. The molecule has 9 atom stereocenters. The average Bonchev–Trinajstić information content (AvgIpc) is 3.53. The fourth-order valence-corrected chi connectivity index (χ4v) is 10.3. The van der Waals surface area contributed by atoms with Crippen molar-refractivity contribution in [1.29, 1.82) is 0 Å². The van der Waals surface area contributed by atoms with Crippen LogP contribution in [0.3, 0.4) is 0 Å². The predicted octanol–water partition coefficient (Wildman–Crippen LogP) is 5.90. The Hall–Kier alpha value is -2.07. The lowest BCUT2D eigenvalue weighted by atomic mass is 9.52. The van der Waals surface area contributed by atoms with Crippen LogP contribution in [0.2, 0.25) is 0 Å². The molecule has 2 fully saturated rings. The Morgan fingerprint density at radius 1 is 0.917 bits per heavy atom. The van der Waals surface area contributed by atoms with Crippen molar-refractivity contribution >= 4 is 17.7 Å². The lowest BCUT2D eigenvalue weighted by Gasteiger charge is -2.57. The second-order valence-electron chi connectivity index (χ2n) is 15.9. The first-order chi connectivity index (χ1) is 22.6. The summed E-state index contributed by atoms with van der Waals surface area (Å²) < 4.78 is 12.3. The first-order valence-electron chi connectivity index (χ1n) is 18.6. The van der Waals surface area contributed by atoms with Gasteiger partial charge in [0.15, 0.2) is 11.4 Å². The number of hydrogen-bond acceptors (Lipinski definition) is 9. The molecule has 4 N–H and O–H groups in total. The molecule has 4 aliphatic rings. The maximum absolute atomic E-state index is 13.5. The third kappa shape index (κ3) is 6.35. The summed E-state index contributed by atoms with van der Waals surface area (Å²) in [5.41, 5.74) is -7.13. The first-order valence-corrected chi connectivity index (χ1v) is 18.6. The average molecular weight is 675 g/mol. The van der Waals surface area contributed by atoms with Gasteiger partial charge < -0.3 is 29.9 Å². The molecule has 0 amide bonds. The number of ketones is 1. The van der Waals surface area contributed by atoms with Gasteiger partial charge in [0, 0.05) is 48.3 Å². The summed E-state index contributed by atoms with van der Waals surface area (Å²) in [7, 11) is 0. The van der Waals surface area contributed by atoms with E-state index in [1.54, 1.807) is 39.8 Å². The normalized spacial score (nSPS) is 38.2. The van der Waals surface area contributed by atoms with Crippen LogP contribution in [0.15, 0.2) is 23.3 Å². The van der Waals surface area contributed by atoms with Gasteiger partial charge in [-0.3, -0.25) is 14.4 Å². The third-order valence-electron chi connectivity index (χ3n) is 12.7. The highest BCUT2D eigenvalue weighted by atomic mass is 16.6. The van der Waals surface area contributed by atoms with Crippen molar-refractivity contribution < 1.29 is 44.3 Å². The number of ether oxygens (including phenoxy) is 2. The quantitative estimate of drug-likeness (QED) is 0.0792. The van der Waals surface area contributed by atoms with Gasteiger partial charge in [-0.05, 0) is 24.5 Å². The molecule has 4 aliphatic carbocycles. The SMILES string of the molecule is CCCCCCCCCCCCCCCC(=O)O[C@@H]1[C@@H](C)[C@]2(O)C3C=C(C)C(=O)[C@@]3(O)CC(CO)=C[C@@]2(C)C2[C@]1(OC(C)=O)[C@]2(C)CO. The van der Waals surface area contributed by atoms with E-state index in [2.05, 4.69) is 6.92 Å². The molecule has 272 valence electrons. The molecule has 9 nitrogen and oxygen atoms in total. The van der Waals surface area contributed by atoms with Gasteiger partial charge in [-0.2, -0.15) is 0 Å². The fourth-order valence-electron chi connectivity index (χ4n) is 10.3. The van der Waals surface area contributed by atoms with Gasteiger partial charge in [0.25, 0.3) is 0 Å². The van der Waals surface area contributed by atoms with E-state index < -0.39 is 82.4 Å². The zero-order valence-electron chi connectivity index (χ0n) is 30.3. The van der Waals surface area contributed by atoms with Crippen LogP contribution in [0.4, 0.5) is 0 Å². The van der Waals surface area contributed by atoms with Gasteiger partial charge in [-0.1, -0.05) is 117 Å². The summed E-state index contributed by atoms with van der Waals surface area (Å²) in [6.45, 7) is 9.43. The van der Waals surface area contributed by atoms with Crippen LogP contribution in [-0.2, 0) is 23.9 Å². The van der Waals surface area contributed by atoms with Crippen molar-refractivity contribution in [2.75, 3.05) is 13.2 Å². The molecule has 0 aromatic heterocycles. The highest BCUT2D eigenvalue weighted by Crippen LogP contribution is 2.81. The molecule has 0 spiro atoms. The summed E-state index contributed by atoms with van der Waals surface area (Å²) in [5, 5.41) is 46.2. The Labute approximate surface area is 287 Å². The number of Topliss-reactive ketones (excluding diaryl/α,β-unsaturated/α-hetero) is 1. The molecule has 0 radical (unpaired) electrons. The van der Waals surface area contributed by atoms with Crippen LogP contribution in [0.1, 0.15) is 138 Å². The zero-order chi connectivity index (χ0) is 35.5. The topological polar surface area (TPSA) is 151 Å². The molecule has 0 aliphatic heterocycles. The molecule has 0 heterocycles. The molecule has 2 unspecified atom stereocenters. The Balaban J connectivity index is 1.50. The van der Waals surface area contributed by atoms with Crippen molar-refractivity contribution in [3.63, 3.8) is 0 Å². The minimum Gasteiger partial charge on any atom is -0.458 e. The Kier molecular flexibility index (Phi) is 12.1. The molecule has 0 bridgehead atoms. The van der Waals surface area contributed by atoms with Crippen molar-refractivity contribution in [2.45, 2.75) is 161 Å². The van der Waals surface area contributed by atoms with Gasteiger partial charge in [0.05, 0.1) is 18.8 Å². The highest BCUT2D eigenvalue weighted by molar-refractivity contribution is 6.05. The van der Waals surface area contributed by atoms with Crippen LogP contribution in [0.5, 0.6) is 0 Å². The number of hydrogen-bond donors (Lipinski definition) is 4. The van der Waals surface area contributed by atoms with E-state index in [0.29, 0.717) is 17.6 Å². The standard InChI is InChI=1S/C39H62O9/c1-7-8-9-10-11-12-13-14-15-16-17-18-19-20-31(43)47-33-27(3)38(46)30-21-26(2)32(44)37(30,45)23-29(24-40)22-35(38,5)34-36(6,25-41)39(33,34)48-28(4)42/h21-22,27,30,33-34,40-41,45-46H,7-20,23-25H2,1-6H3/t27-,30?,33-,34?,35+,36-,37-,38+,39+/m1/s1. The van der Waals surface area contributed by atoms with E-state index in [-0.39, 0.29) is 12.8 Å². The van der Waals surface area contributed by atoms with Gasteiger partial charge >= 0.3 is 11.9 Å². The molecule has 48 heavy (non-hydrogen) atoms. The van der Waals surface area contributed by atoms with Crippen LogP contribution in [0.25, 0.3) is 0 Å². The van der Waals surface area contributed by atoms with E-state index in [1.165, 1.54) is 64.7 Å². The van der Waals surface area contributed by atoms with E-state index in [4.69, 9.17) is 9.47 Å². The molecule has 0 aromatic rings. The molecule has 9 heteroatoms. The largest absolute Gasteiger partial charge is 0.458 e. The summed E-state index contributed by atoms with van der Waals surface area (Å²) in [5.74, 6) is -4.41. The minimum atomic E-state index is -2.02. The van der Waals surface area contributed by atoms with Gasteiger partial charge in [0.1, 0.15) is 11.7 Å². The summed E-state index contributed by atoms with van der Waals surface area (Å²) in [6, 6.07) is 0. The molecular weight excluding hydrogens is 612 g/mol. The van der Waals surface area contributed by atoms with E-state index in [1.807, 2.05) is 0 Å². The second kappa shape index (κ2) is 15.0. The predicted molar refractivity (Wildman–Crippen MR) is 183 cm³/mol. The number of fused-ring (bicyclic) bond motifs is 5.